The number of nitrogens with one attached hydrogen (secondary N) is 1. The average Bonchev–Trinajstić information content (AvgIpc) is 3.23. The van der Waals surface area contributed by atoms with Crippen molar-refractivity contribution in [2.24, 2.45) is 16.3 Å². The Kier molecular flexibility index (Phi) is 11.3. The van der Waals surface area contributed by atoms with Crippen LogP contribution in [0.5, 0.6) is 0 Å². The van der Waals surface area contributed by atoms with Crippen LogP contribution in [0.25, 0.3) is 0 Å². The van der Waals surface area contributed by atoms with Gasteiger partial charge in [0.2, 0.25) is 11.8 Å². The number of nitrogens with zero attached hydrogens (tertiary/aromatic N) is 3. The zero-order chi connectivity index (χ0) is 33.6. The summed E-state index contributed by atoms with van der Waals surface area (Å²) in [6, 6.07) is 18.5. The van der Waals surface area contributed by atoms with E-state index in [2.05, 4.69) is 5.32 Å². The third kappa shape index (κ3) is 9.92. The average molecular weight is 644 g/mol. The molecular formula is C32H45N5O7S. The van der Waals surface area contributed by atoms with Crippen molar-refractivity contribution in [2.45, 2.75) is 71.2 Å². The number of carbonyl (C=O) groups excluding carboxylic acids is 3. The predicted octanol–water partition coefficient (Wildman–Crippen LogP) is 2.39. The van der Waals surface area contributed by atoms with E-state index in [1.54, 1.807) is 23.8 Å². The van der Waals surface area contributed by atoms with Gasteiger partial charge < -0.3 is 20.7 Å². The van der Waals surface area contributed by atoms with Crippen molar-refractivity contribution in [3.8, 4) is 0 Å². The van der Waals surface area contributed by atoms with Crippen molar-refractivity contribution in [2.75, 3.05) is 26.0 Å². The summed E-state index contributed by atoms with van der Waals surface area (Å²) in [7, 11) is -3.67. The number of amides is 3. The van der Waals surface area contributed by atoms with Gasteiger partial charge in [-0.25, -0.2) is 5.01 Å². The molecule has 4 rings (SSSR count). The van der Waals surface area contributed by atoms with Gasteiger partial charge in [-0.15, -0.1) is 0 Å². The van der Waals surface area contributed by atoms with Gasteiger partial charge in [-0.05, 0) is 52.2 Å². The molecule has 2 heterocycles. The summed E-state index contributed by atoms with van der Waals surface area (Å²) in [5, 5.41) is 9.15. The quantitative estimate of drug-likeness (QED) is 0.350. The van der Waals surface area contributed by atoms with Gasteiger partial charge in [0.05, 0.1) is 36.3 Å². The maximum absolute atomic E-state index is 14.1. The Morgan fingerprint density at radius 1 is 1.04 bits per heavy atom. The van der Waals surface area contributed by atoms with Crippen molar-refractivity contribution in [1.29, 1.82) is 0 Å². The van der Waals surface area contributed by atoms with Crippen molar-refractivity contribution < 1.29 is 32.1 Å². The first kappa shape index (κ1) is 35.8. The van der Waals surface area contributed by atoms with Crippen LogP contribution in [0.2, 0.25) is 0 Å². The Morgan fingerprint density at radius 2 is 1.58 bits per heavy atom. The van der Waals surface area contributed by atoms with Crippen LogP contribution in [0.15, 0.2) is 65.8 Å². The van der Waals surface area contributed by atoms with Crippen LogP contribution in [0.1, 0.15) is 52.2 Å². The lowest BCUT2D eigenvalue weighted by Gasteiger charge is -2.41. The summed E-state index contributed by atoms with van der Waals surface area (Å²) in [4.78, 5) is 42.6. The highest BCUT2D eigenvalue weighted by molar-refractivity contribution is 7.85. The molecule has 45 heavy (non-hydrogen) atoms. The zero-order valence-corrected chi connectivity index (χ0v) is 27.6. The van der Waals surface area contributed by atoms with Crippen molar-refractivity contribution in [3.05, 3.63) is 71.8 Å². The lowest BCUT2D eigenvalue weighted by atomic mass is 9.73. The SMILES string of the molecule is CC(C)(N)C(=O)NC(COCc1ccccc1)C(=O)N1CCC2=NN(C(C)(C)C)C(=O)C2(Cc2ccccc2)C1.CS(=O)(=O)O. The molecule has 2 aliphatic rings. The first-order chi connectivity index (χ1) is 20.8. The molecule has 13 heteroatoms. The van der Waals surface area contributed by atoms with Crippen LogP contribution < -0.4 is 11.1 Å². The molecule has 0 bridgehead atoms. The van der Waals surface area contributed by atoms with Crippen LogP contribution in [0.3, 0.4) is 0 Å². The van der Waals surface area contributed by atoms with Gasteiger partial charge in [-0.1, -0.05) is 60.7 Å². The summed E-state index contributed by atoms with van der Waals surface area (Å²) in [5.74, 6) is -0.872. The molecule has 2 atom stereocenters. The highest BCUT2D eigenvalue weighted by Gasteiger charge is 2.56. The maximum Gasteiger partial charge on any atom is 0.261 e. The van der Waals surface area contributed by atoms with Gasteiger partial charge >= 0.3 is 0 Å². The molecule has 2 aromatic rings. The largest absolute Gasteiger partial charge is 0.374 e. The first-order valence-corrected chi connectivity index (χ1v) is 16.6. The van der Waals surface area contributed by atoms with Crippen LogP contribution >= 0.6 is 0 Å². The number of nitrogens with two attached hydrogens (primary N) is 1. The highest BCUT2D eigenvalue weighted by Crippen LogP contribution is 2.41. The van der Waals surface area contributed by atoms with Crippen molar-refractivity contribution in [1.82, 2.24) is 15.2 Å². The minimum atomic E-state index is -3.67. The number of fused-ring (bicyclic) bond motifs is 1. The second-order valence-electron chi connectivity index (χ2n) is 13.1. The molecule has 3 amide bonds. The fourth-order valence-corrected chi connectivity index (χ4v) is 5.11. The summed E-state index contributed by atoms with van der Waals surface area (Å²) >= 11 is 0. The van der Waals surface area contributed by atoms with Crippen molar-refractivity contribution in [3.63, 3.8) is 0 Å². The van der Waals surface area contributed by atoms with E-state index in [1.807, 2.05) is 81.4 Å². The fraction of sp³-hybridized carbons (Fsp3) is 0.500. The number of benzene rings is 2. The minimum Gasteiger partial charge on any atom is -0.374 e. The smallest absolute Gasteiger partial charge is 0.261 e. The maximum atomic E-state index is 14.1. The lowest BCUT2D eigenvalue weighted by molar-refractivity contribution is -0.146. The fourth-order valence-electron chi connectivity index (χ4n) is 5.11. The standard InChI is InChI=1S/C31H41N5O4.CH4O3S/c1-29(2,3)36-28(39)31(18-22-12-8-6-9-13-22)21-35(17-16-25(31)34-36)26(37)24(33-27(38)30(4,5)32)20-40-19-23-14-10-7-11-15-23;1-5(2,3)4/h6-15,24H,16-21,32H2,1-5H3,(H,33,38);1H3,(H,2,3,4). The number of hydrogen-bond acceptors (Lipinski definition) is 8. The second-order valence-corrected chi connectivity index (χ2v) is 14.5. The van der Waals surface area contributed by atoms with Crippen LogP contribution in [0, 0.1) is 5.41 Å². The third-order valence-corrected chi connectivity index (χ3v) is 7.33. The van der Waals surface area contributed by atoms with Gasteiger partial charge in [0, 0.05) is 19.5 Å². The number of likely N-dealkylation sites (tertiary alicyclic amines) is 1. The van der Waals surface area contributed by atoms with Crippen LogP contribution in [-0.4, -0.2) is 89.4 Å². The molecule has 1 fully saturated rings. The van der Waals surface area contributed by atoms with Gasteiger partial charge in [0.25, 0.3) is 16.0 Å². The molecule has 0 aliphatic carbocycles. The molecule has 4 N–H and O–H groups in total. The van der Waals surface area contributed by atoms with Crippen LogP contribution in [0.4, 0.5) is 0 Å². The van der Waals surface area contributed by atoms with E-state index in [1.165, 1.54) is 0 Å². The Morgan fingerprint density at radius 3 is 2.09 bits per heavy atom. The van der Waals surface area contributed by atoms with E-state index in [9.17, 15) is 22.8 Å². The number of ether oxygens (including phenoxy) is 1. The third-order valence-electron chi connectivity index (χ3n) is 7.33. The Hall–Kier alpha value is -3.65. The molecule has 0 spiro atoms. The molecule has 2 unspecified atom stereocenters. The van der Waals surface area contributed by atoms with Crippen LogP contribution in [-0.2, 0) is 42.3 Å². The topological polar surface area (TPSA) is 172 Å². The summed E-state index contributed by atoms with van der Waals surface area (Å²) < 4.78 is 31.8. The van der Waals surface area contributed by atoms with Gasteiger partial charge in [-0.3, -0.25) is 18.9 Å². The molecule has 0 radical (unpaired) electrons. The monoisotopic (exact) mass is 643 g/mol. The number of piperidine rings is 1. The predicted molar refractivity (Wildman–Crippen MR) is 172 cm³/mol. The second kappa shape index (κ2) is 14.2. The Labute approximate surface area is 265 Å². The number of hydrogen-bond donors (Lipinski definition) is 3. The molecule has 0 saturated carbocycles. The summed E-state index contributed by atoms with van der Waals surface area (Å²) in [6.07, 6.45) is 1.61. The molecular weight excluding hydrogens is 598 g/mol. The van der Waals surface area contributed by atoms with Crippen molar-refractivity contribution >= 4 is 33.6 Å². The Bertz CT molecular complexity index is 1480. The molecule has 1 saturated heterocycles. The molecule has 2 aliphatic heterocycles. The lowest BCUT2D eigenvalue weighted by Crippen LogP contribution is -2.62. The van der Waals surface area contributed by atoms with Gasteiger partial charge in [-0.2, -0.15) is 13.5 Å². The van der Waals surface area contributed by atoms with E-state index in [4.69, 9.17) is 20.1 Å². The normalized spacial score (nSPS) is 19.2. The summed E-state index contributed by atoms with van der Waals surface area (Å²) in [6.45, 7) is 9.86. The Balaban J connectivity index is 0.00000102. The van der Waals surface area contributed by atoms with Gasteiger partial charge in [0.15, 0.2) is 0 Å². The van der Waals surface area contributed by atoms with E-state index < -0.39 is 38.6 Å². The number of carbonyl (C=O) groups is 3. The molecule has 2 aromatic carbocycles. The molecule has 12 nitrogen and oxygen atoms in total. The number of rotatable bonds is 9. The highest BCUT2D eigenvalue weighted by atomic mass is 32.2. The zero-order valence-electron chi connectivity index (χ0n) is 26.8. The summed E-state index contributed by atoms with van der Waals surface area (Å²) in [5.41, 5.74) is 6.12. The first-order valence-electron chi connectivity index (χ1n) is 14.7. The molecule has 246 valence electrons. The van der Waals surface area contributed by atoms with E-state index in [-0.39, 0.29) is 25.0 Å². The van der Waals surface area contributed by atoms with E-state index in [0.29, 0.717) is 32.2 Å². The van der Waals surface area contributed by atoms with Gasteiger partial charge in [0.1, 0.15) is 11.5 Å². The van der Waals surface area contributed by atoms with E-state index >= 15 is 0 Å². The number of hydrazone groups is 1. The molecule has 0 aromatic heterocycles. The minimum absolute atomic E-state index is 0.0270. The van der Waals surface area contributed by atoms with E-state index in [0.717, 1.165) is 16.8 Å².